The van der Waals surface area contributed by atoms with Crippen molar-refractivity contribution in [3.63, 3.8) is 0 Å². The molecule has 0 bridgehead atoms. The molecule has 2 atom stereocenters. The van der Waals surface area contributed by atoms with Crippen LogP contribution < -0.4 is 10.6 Å². The van der Waals surface area contributed by atoms with Gasteiger partial charge in [-0.25, -0.2) is 4.98 Å². The molecule has 1 saturated carbocycles. The van der Waals surface area contributed by atoms with Gasteiger partial charge in [0.2, 0.25) is 5.95 Å². The second-order valence-electron chi connectivity index (χ2n) is 8.84. The van der Waals surface area contributed by atoms with E-state index in [4.69, 9.17) is 0 Å². The molecule has 7 nitrogen and oxygen atoms in total. The molecule has 2 aliphatic carbocycles. The van der Waals surface area contributed by atoms with Crippen molar-refractivity contribution < 1.29 is 5.11 Å². The predicted octanol–water partition coefficient (Wildman–Crippen LogP) is 3.54. The Bertz CT molecular complexity index is 993. The highest BCUT2D eigenvalue weighted by atomic mass is 16.3. The van der Waals surface area contributed by atoms with Gasteiger partial charge in [0.05, 0.1) is 12.3 Å². The Kier molecular flexibility index (Phi) is 5.69. The van der Waals surface area contributed by atoms with E-state index in [1.165, 1.54) is 16.7 Å². The van der Waals surface area contributed by atoms with E-state index < -0.39 is 0 Å². The fraction of sp³-hybridized carbons (Fsp3) is 0.478. The van der Waals surface area contributed by atoms with Crippen LogP contribution in [0.3, 0.4) is 0 Å². The van der Waals surface area contributed by atoms with Crippen LogP contribution in [0.2, 0.25) is 0 Å². The highest BCUT2D eigenvalue weighted by Crippen LogP contribution is 2.37. The number of pyridine rings is 1. The molecular weight excluding hydrogens is 376 g/mol. The molecule has 0 unspecified atom stereocenters. The van der Waals surface area contributed by atoms with Crippen molar-refractivity contribution in [2.75, 3.05) is 17.2 Å². The minimum Gasteiger partial charge on any atom is -0.393 e. The summed E-state index contributed by atoms with van der Waals surface area (Å²) < 4.78 is 0. The summed E-state index contributed by atoms with van der Waals surface area (Å²) in [5, 5.41) is 26.3. The highest BCUT2D eigenvalue weighted by molar-refractivity contribution is 5.72. The summed E-state index contributed by atoms with van der Waals surface area (Å²) in [6.45, 7) is 4.86. The number of nitrogens with zero attached hydrogens (tertiary/aromatic N) is 4. The molecule has 2 heterocycles. The number of allylic oxidation sites excluding steroid dienone is 1. The lowest BCUT2D eigenvalue weighted by Crippen LogP contribution is -2.41. The van der Waals surface area contributed by atoms with Crippen molar-refractivity contribution >= 4 is 17.3 Å². The predicted molar refractivity (Wildman–Crippen MR) is 117 cm³/mol. The van der Waals surface area contributed by atoms with Crippen molar-refractivity contribution in [1.82, 2.24) is 15.0 Å². The van der Waals surface area contributed by atoms with E-state index in [2.05, 4.69) is 57.6 Å². The van der Waals surface area contributed by atoms with E-state index in [0.717, 1.165) is 32.1 Å². The smallest absolute Gasteiger partial charge is 0.224 e. The van der Waals surface area contributed by atoms with Crippen LogP contribution in [0.15, 0.2) is 30.7 Å². The van der Waals surface area contributed by atoms with Gasteiger partial charge >= 0.3 is 0 Å². The van der Waals surface area contributed by atoms with E-state index in [9.17, 15) is 10.4 Å². The summed E-state index contributed by atoms with van der Waals surface area (Å²) in [7, 11) is 0. The van der Waals surface area contributed by atoms with Gasteiger partial charge in [0.25, 0.3) is 0 Å². The Balaban J connectivity index is 1.39. The maximum absolute atomic E-state index is 10.2. The number of hydrogen-bond donors (Lipinski definition) is 3. The van der Waals surface area contributed by atoms with Crippen molar-refractivity contribution in [2.24, 2.45) is 5.41 Å². The number of aliphatic hydroxyl groups excluding tert-OH is 1. The first-order valence-corrected chi connectivity index (χ1v) is 10.5. The van der Waals surface area contributed by atoms with Gasteiger partial charge < -0.3 is 15.7 Å². The van der Waals surface area contributed by atoms with Crippen molar-refractivity contribution in [1.29, 1.82) is 5.26 Å². The van der Waals surface area contributed by atoms with Gasteiger partial charge in [-0.05, 0) is 60.3 Å². The molecule has 0 aromatic carbocycles. The van der Waals surface area contributed by atoms with Gasteiger partial charge in [0, 0.05) is 25.0 Å². The van der Waals surface area contributed by atoms with Gasteiger partial charge in [-0.15, -0.1) is 0 Å². The first-order valence-electron chi connectivity index (χ1n) is 10.5. The zero-order chi connectivity index (χ0) is 21.1. The number of hydrogen-bond acceptors (Lipinski definition) is 7. The number of anilines is 2. The molecule has 4 rings (SSSR count). The Morgan fingerprint density at radius 1 is 1.30 bits per heavy atom. The zero-order valence-electron chi connectivity index (χ0n) is 17.5. The third-order valence-electron chi connectivity index (χ3n) is 6.22. The van der Waals surface area contributed by atoms with Crippen LogP contribution in [0.4, 0.5) is 11.8 Å². The third-order valence-corrected chi connectivity index (χ3v) is 6.22. The summed E-state index contributed by atoms with van der Waals surface area (Å²) in [5.74, 6) is 1.07. The first kappa shape index (κ1) is 20.3. The van der Waals surface area contributed by atoms with E-state index in [1.54, 1.807) is 6.20 Å². The number of rotatable bonds is 6. The number of nitrogens with one attached hydrogen (secondary N) is 2. The summed E-state index contributed by atoms with van der Waals surface area (Å²) in [6, 6.07) is 4.41. The average Bonchev–Trinajstić information content (AvgIpc) is 3.14. The standard InChI is InChI=1S/C23H28N6O/c1-23(2)11-18(5-6-20(23)30)28-21-17(12-24)13-27-22(29-21)26-10-8-16-4-3-15-7-9-25-14-19(15)16/h4,7,9,13-14,18,20,30H,3,5-6,8,10-11H2,1-2H3,(H2,26,27,28,29)/t18-,20+/m1/s1. The van der Waals surface area contributed by atoms with Crippen LogP contribution in [0, 0.1) is 16.7 Å². The number of nitriles is 1. The lowest BCUT2D eigenvalue weighted by molar-refractivity contribution is 0.00926. The lowest BCUT2D eigenvalue weighted by Gasteiger charge is -2.40. The first-order chi connectivity index (χ1) is 14.5. The molecule has 3 N–H and O–H groups in total. The largest absolute Gasteiger partial charge is 0.393 e. The fourth-order valence-corrected chi connectivity index (χ4v) is 4.38. The van der Waals surface area contributed by atoms with E-state index in [0.29, 0.717) is 23.9 Å². The molecule has 156 valence electrons. The van der Waals surface area contributed by atoms with Crippen LogP contribution in [-0.2, 0) is 6.42 Å². The molecule has 2 aliphatic rings. The van der Waals surface area contributed by atoms with Gasteiger partial charge in [0.15, 0.2) is 0 Å². The fourth-order valence-electron chi connectivity index (χ4n) is 4.38. The average molecular weight is 405 g/mol. The maximum atomic E-state index is 10.2. The van der Waals surface area contributed by atoms with Gasteiger partial charge in [-0.2, -0.15) is 10.2 Å². The minimum absolute atomic E-state index is 0.156. The van der Waals surface area contributed by atoms with E-state index >= 15 is 0 Å². The highest BCUT2D eigenvalue weighted by Gasteiger charge is 2.35. The second kappa shape index (κ2) is 8.41. The zero-order valence-corrected chi connectivity index (χ0v) is 17.5. The van der Waals surface area contributed by atoms with Gasteiger partial charge in [-0.3, -0.25) is 4.98 Å². The SMILES string of the molecule is CC1(C)C[C@H](Nc2nc(NCCC3=CCc4ccncc43)ncc2C#N)CC[C@@H]1O. The van der Waals surface area contributed by atoms with Crippen molar-refractivity contribution in [3.8, 4) is 6.07 Å². The lowest BCUT2D eigenvalue weighted by atomic mass is 9.73. The molecule has 2 aromatic heterocycles. The van der Waals surface area contributed by atoms with Crippen LogP contribution in [0.5, 0.6) is 0 Å². The van der Waals surface area contributed by atoms with Crippen LogP contribution in [0.1, 0.15) is 56.2 Å². The van der Waals surface area contributed by atoms with E-state index in [-0.39, 0.29) is 17.6 Å². The summed E-state index contributed by atoms with van der Waals surface area (Å²) >= 11 is 0. The van der Waals surface area contributed by atoms with E-state index in [1.807, 2.05) is 12.4 Å². The Labute approximate surface area is 177 Å². The third kappa shape index (κ3) is 4.29. The molecule has 0 saturated heterocycles. The molecule has 0 aliphatic heterocycles. The monoisotopic (exact) mass is 404 g/mol. The number of fused-ring (bicyclic) bond motifs is 1. The Hall–Kier alpha value is -2.98. The summed E-state index contributed by atoms with van der Waals surface area (Å²) in [4.78, 5) is 13.1. The van der Waals surface area contributed by atoms with Gasteiger partial charge in [-0.1, -0.05) is 19.9 Å². The molecule has 0 spiro atoms. The van der Waals surface area contributed by atoms with Crippen LogP contribution in [-0.4, -0.2) is 38.7 Å². The minimum atomic E-state index is -0.293. The van der Waals surface area contributed by atoms with Crippen molar-refractivity contribution in [2.45, 2.75) is 58.1 Å². The van der Waals surface area contributed by atoms with Crippen molar-refractivity contribution in [3.05, 3.63) is 47.4 Å². The molecule has 7 heteroatoms. The normalized spacial score (nSPS) is 22.0. The molecule has 0 amide bonds. The quantitative estimate of drug-likeness (QED) is 0.676. The Morgan fingerprint density at radius 3 is 2.97 bits per heavy atom. The molecular formula is C23H28N6O. The van der Waals surface area contributed by atoms with Crippen LogP contribution >= 0.6 is 0 Å². The molecule has 2 aromatic rings. The topological polar surface area (TPSA) is 107 Å². The molecule has 0 radical (unpaired) electrons. The maximum Gasteiger partial charge on any atom is 0.224 e. The number of aromatic nitrogens is 3. The number of aliphatic hydroxyl groups is 1. The second-order valence-corrected chi connectivity index (χ2v) is 8.84. The Morgan fingerprint density at radius 2 is 2.17 bits per heavy atom. The molecule has 1 fully saturated rings. The van der Waals surface area contributed by atoms with Crippen LogP contribution in [0.25, 0.3) is 5.57 Å². The summed E-state index contributed by atoms with van der Waals surface area (Å²) in [5.41, 5.74) is 4.12. The summed E-state index contributed by atoms with van der Waals surface area (Å²) in [6.07, 6.45) is 11.5. The van der Waals surface area contributed by atoms with Gasteiger partial charge in [0.1, 0.15) is 17.5 Å². The molecule has 30 heavy (non-hydrogen) atoms.